The second kappa shape index (κ2) is 4.91. The van der Waals surface area contributed by atoms with Crippen molar-refractivity contribution in [2.24, 2.45) is 0 Å². The van der Waals surface area contributed by atoms with E-state index in [1.807, 2.05) is 25.9 Å². The van der Waals surface area contributed by atoms with Gasteiger partial charge in [0.05, 0.1) is 6.04 Å². The second-order valence-electron chi connectivity index (χ2n) is 2.67. The lowest BCUT2D eigenvalue weighted by Gasteiger charge is -2.18. The zero-order chi connectivity index (χ0) is 8.85. The van der Waals surface area contributed by atoms with Gasteiger partial charge in [0.15, 0.2) is 0 Å². The van der Waals surface area contributed by atoms with Crippen LogP contribution >= 0.6 is 0 Å². The van der Waals surface area contributed by atoms with E-state index in [2.05, 4.69) is 11.9 Å². The van der Waals surface area contributed by atoms with Crippen molar-refractivity contribution in [3.05, 3.63) is 12.7 Å². The molecule has 0 aliphatic heterocycles. The molecule has 0 aromatic carbocycles. The van der Waals surface area contributed by atoms with E-state index in [0.717, 1.165) is 0 Å². The molecule has 0 aliphatic rings. The van der Waals surface area contributed by atoms with Crippen LogP contribution in [0.25, 0.3) is 0 Å². The Balaban J connectivity index is 3.73. The van der Waals surface area contributed by atoms with E-state index >= 15 is 0 Å². The van der Waals surface area contributed by atoms with E-state index in [9.17, 15) is 4.79 Å². The molecule has 0 unspecified atom stereocenters. The van der Waals surface area contributed by atoms with Crippen molar-refractivity contribution in [3.8, 4) is 0 Å². The van der Waals surface area contributed by atoms with E-state index in [1.54, 1.807) is 6.08 Å². The van der Waals surface area contributed by atoms with Gasteiger partial charge >= 0.3 is 0 Å². The normalized spacial score (nSPS) is 12.7. The summed E-state index contributed by atoms with van der Waals surface area (Å²) in [5, 5.41) is 2.71. The molecule has 0 saturated heterocycles. The summed E-state index contributed by atoms with van der Waals surface area (Å²) in [4.78, 5) is 13.0. The molecule has 0 bridgehead atoms. The first-order chi connectivity index (χ1) is 5.09. The van der Waals surface area contributed by atoms with Gasteiger partial charge in [-0.2, -0.15) is 0 Å². The lowest BCUT2D eigenvalue weighted by Crippen LogP contribution is -2.41. The first-order valence-corrected chi connectivity index (χ1v) is 3.64. The van der Waals surface area contributed by atoms with Crippen molar-refractivity contribution in [2.45, 2.75) is 13.0 Å². The van der Waals surface area contributed by atoms with Gasteiger partial charge in [-0.3, -0.25) is 9.69 Å². The van der Waals surface area contributed by atoms with Gasteiger partial charge in [-0.15, -0.1) is 6.58 Å². The molecule has 11 heavy (non-hydrogen) atoms. The predicted molar refractivity (Wildman–Crippen MR) is 46.4 cm³/mol. The monoisotopic (exact) mass is 156 g/mol. The van der Waals surface area contributed by atoms with Crippen molar-refractivity contribution < 1.29 is 4.79 Å². The minimum Gasteiger partial charge on any atom is -0.351 e. The Morgan fingerprint density at radius 3 is 2.64 bits per heavy atom. The van der Waals surface area contributed by atoms with Crippen LogP contribution in [0, 0.1) is 0 Å². The van der Waals surface area contributed by atoms with E-state index < -0.39 is 0 Å². The number of rotatable bonds is 4. The second-order valence-corrected chi connectivity index (χ2v) is 2.67. The van der Waals surface area contributed by atoms with Crippen LogP contribution < -0.4 is 5.32 Å². The Kier molecular flexibility index (Phi) is 4.54. The number of hydrogen-bond acceptors (Lipinski definition) is 2. The Bertz CT molecular complexity index is 143. The average molecular weight is 156 g/mol. The molecule has 0 heterocycles. The zero-order valence-electron chi connectivity index (χ0n) is 7.42. The summed E-state index contributed by atoms with van der Waals surface area (Å²) in [5.74, 6) is 0.0369. The molecule has 0 aliphatic carbocycles. The van der Waals surface area contributed by atoms with Gasteiger partial charge in [0.1, 0.15) is 0 Å². The summed E-state index contributed by atoms with van der Waals surface area (Å²) >= 11 is 0. The lowest BCUT2D eigenvalue weighted by atomic mass is 10.3. The van der Waals surface area contributed by atoms with Crippen LogP contribution in [0.2, 0.25) is 0 Å². The maximum atomic E-state index is 11.1. The summed E-state index contributed by atoms with van der Waals surface area (Å²) in [5.41, 5.74) is 0. The lowest BCUT2D eigenvalue weighted by molar-refractivity contribution is -0.124. The molecule has 0 aromatic rings. The van der Waals surface area contributed by atoms with Crippen molar-refractivity contribution >= 4 is 5.91 Å². The number of amides is 1. The molecule has 0 aromatic heterocycles. The average Bonchev–Trinajstić information content (AvgIpc) is 1.98. The molecule has 64 valence electrons. The van der Waals surface area contributed by atoms with Crippen LogP contribution in [0.1, 0.15) is 6.92 Å². The van der Waals surface area contributed by atoms with Crippen LogP contribution in [-0.4, -0.2) is 37.5 Å². The first kappa shape index (κ1) is 10.2. The Hall–Kier alpha value is -0.830. The molecule has 0 fully saturated rings. The molecular formula is C8H16N2O. The van der Waals surface area contributed by atoms with Gasteiger partial charge in [0.2, 0.25) is 5.91 Å². The summed E-state index contributed by atoms with van der Waals surface area (Å²) in [6.07, 6.45) is 1.67. The van der Waals surface area contributed by atoms with E-state index in [4.69, 9.17) is 0 Å². The standard InChI is InChI=1S/C8H16N2O/c1-5-6-9-8(11)7(2)10(3)4/h5,7H,1,6H2,2-4H3,(H,9,11)/t7-/m0/s1. The number of carbonyl (C=O) groups is 1. The van der Waals surface area contributed by atoms with Gasteiger partial charge in [0, 0.05) is 6.54 Å². The highest BCUT2D eigenvalue weighted by Gasteiger charge is 2.12. The molecule has 0 saturated carbocycles. The largest absolute Gasteiger partial charge is 0.351 e. The smallest absolute Gasteiger partial charge is 0.237 e. The molecule has 0 radical (unpaired) electrons. The number of nitrogens with zero attached hydrogens (tertiary/aromatic N) is 1. The van der Waals surface area contributed by atoms with Crippen LogP contribution in [0.4, 0.5) is 0 Å². The summed E-state index contributed by atoms with van der Waals surface area (Å²) in [6, 6.07) is -0.0741. The fourth-order valence-electron chi connectivity index (χ4n) is 0.555. The SMILES string of the molecule is C=CCNC(=O)[C@H](C)N(C)C. The highest BCUT2D eigenvalue weighted by Crippen LogP contribution is 1.89. The number of carbonyl (C=O) groups excluding carboxylic acids is 1. The summed E-state index contributed by atoms with van der Waals surface area (Å²) in [6.45, 7) is 5.91. The van der Waals surface area contributed by atoms with Gasteiger partial charge in [-0.25, -0.2) is 0 Å². The van der Waals surface area contributed by atoms with Crippen LogP contribution in [0.3, 0.4) is 0 Å². The van der Waals surface area contributed by atoms with Crippen molar-refractivity contribution in [3.63, 3.8) is 0 Å². The fraction of sp³-hybridized carbons (Fsp3) is 0.625. The van der Waals surface area contributed by atoms with Gasteiger partial charge in [0.25, 0.3) is 0 Å². The van der Waals surface area contributed by atoms with Gasteiger partial charge < -0.3 is 5.32 Å². The van der Waals surface area contributed by atoms with Crippen LogP contribution in [-0.2, 0) is 4.79 Å². The Labute approximate surface area is 68.1 Å². The van der Waals surface area contributed by atoms with Crippen molar-refractivity contribution in [1.29, 1.82) is 0 Å². The minimum absolute atomic E-state index is 0.0369. The third-order valence-corrected chi connectivity index (χ3v) is 1.57. The summed E-state index contributed by atoms with van der Waals surface area (Å²) < 4.78 is 0. The minimum atomic E-state index is -0.0741. The first-order valence-electron chi connectivity index (χ1n) is 3.64. The molecule has 0 spiro atoms. The van der Waals surface area contributed by atoms with Crippen LogP contribution in [0.5, 0.6) is 0 Å². The van der Waals surface area contributed by atoms with Crippen LogP contribution in [0.15, 0.2) is 12.7 Å². The molecule has 3 nitrogen and oxygen atoms in total. The summed E-state index contributed by atoms with van der Waals surface area (Å²) in [7, 11) is 3.75. The topological polar surface area (TPSA) is 32.3 Å². The number of hydrogen-bond donors (Lipinski definition) is 1. The van der Waals surface area contributed by atoms with Gasteiger partial charge in [-0.05, 0) is 21.0 Å². The Morgan fingerprint density at radius 1 is 1.73 bits per heavy atom. The maximum absolute atomic E-state index is 11.1. The molecule has 1 amide bonds. The molecule has 1 N–H and O–H groups in total. The number of likely N-dealkylation sites (N-methyl/N-ethyl adjacent to an activating group) is 1. The Morgan fingerprint density at radius 2 is 2.27 bits per heavy atom. The third kappa shape index (κ3) is 3.78. The molecular weight excluding hydrogens is 140 g/mol. The fourth-order valence-corrected chi connectivity index (χ4v) is 0.555. The highest BCUT2D eigenvalue weighted by atomic mass is 16.2. The quantitative estimate of drug-likeness (QED) is 0.591. The highest BCUT2D eigenvalue weighted by molar-refractivity contribution is 5.81. The molecule has 0 rings (SSSR count). The number of nitrogens with one attached hydrogen (secondary N) is 1. The van der Waals surface area contributed by atoms with E-state index in [-0.39, 0.29) is 11.9 Å². The van der Waals surface area contributed by atoms with E-state index in [0.29, 0.717) is 6.54 Å². The molecule has 3 heteroatoms. The van der Waals surface area contributed by atoms with Crippen molar-refractivity contribution in [1.82, 2.24) is 10.2 Å². The molecule has 1 atom stereocenters. The third-order valence-electron chi connectivity index (χ3n) is 1.57. The maximum Gasteiger partial charge on any atom is 0.237 e. The van der Waals surface area contributed by atoms with Crippen molar-refractivity contribution in [2.75, 3.05) is 20.6 Å². The van der Waals surface area contributed by atoms with E-state index in [1.165, 1.54) is 0 Å². The zero-order valence-corrected chi connectivity index (χ0v) is 7.42. The predicted octanol–water partition coefficient (Wildman–Crippen LogP) is 0.239. The van der Waals surface area contributed by atoms with Gasteiger partial charge in [-0.1, -0.05) is 6.08 Å².